The fourth-order valence-electron chi connectivity index (χ4n) is 9.65. The standard InChI is InChI=1S/C30H48N2O3.3CH4/c1-18(17-32-27(34)19(2)20(3)31-32)29(6)14-12-26-24-9-8-22-16-23(35-21(4)33)10-13-28(22,5)25(24)11-15-30(26,29)7;;;/h21-26,31,33H,1,8-17H2,2-7H3;3*1H4. The van der Waals surface area contributed by atoms with Crippen molar-refractivity contribution in [1.82, 2.24) is 9.78 Å². The molecule has 4 aliphatic carbocycles. The third kappa shape index (κ3) is 4.78. The minimum absolute atomic E-state index is 0. The Morgan fingerprint density at radius 3 is 2.32 bits per heavy atom. The zero-order valence-corrected chi connectivity index (χ0v) is 23.0. The van der Waals surface area contributed by atoms with Gasteiger partial charge in [0, 0.05) is 11.3 Å². The van der Waals surface area contributed by atoms with Crippen LogP contribution in [-0.4, -0.2) is 27.3 Å². The number of hydrogen-bond acceptors (Lipinski definition) is 3. The average molecular weight is 533 g/mol. The summed E-state index contributed by atoms with van der Waals surface area (Å²) in [5, 5.41) is 13.0. The summed E-state index contributed by atoms with van der Waals surface area (Å²) in [5.74, 6) is 3.07. The zero-order chi connectivity index (χ0) is 25.3. The molecule has 0 bridgehead atoms. The summed E-state index contributed by atoms with van der Waals surface area (Å²) < 4.78 is 7.62. The monoisotopic (exact) mass is 532 g/mol. The summed E-state index contributed by atoms with van der Waals surface area (Å²) in [6.45, 7) is 18.5. The van der Waals surface area contributed by atoms with Gasteiger partial charge in [-0.3, -0.25) is 9.89 Å². The van der Waals surface area contributed by atoms with Gasteiger partial charge in [-0.25, -0.2) is 4.68 Å². The van der Waals surface area contributed by atoms with Crippen molar-refractivity contribution in [2.24, 2.45) is 39.9 Å². The fourth-order valence-corrected chi connectivity index (χ4v) is 9.65. The van der Waals surface area contributed by atoms with Crippen LogP contribution in [0.25, 0.3) is 0 Å². The Bertz CT molecular complexity index is 1040. The molecule has 5 nitrogen and oxygen atoms in total. The van der Waals surface area contributed by atoms with Gasteiger partial charge in [0.1, 0.15) is 0 Å². The van der Waals surface area contributed by atoms with E-state index in [9.17, 15) is 9.90 Å². The van der Waals surface area contributed by atoms with Crippen LogP contribution >= 0.6 is 0 Å². The largest absolute Gasteiger partial charge is 0.368 e. The topological polar surface area (TPSA) is 67.2 Å². The molecule has 38 heavy (non-hydrogen) atoms. The maximum Gasteiger partial charge on any atom is 0.269 e. The molecule has 0 aromatic carbocycles. The molecule has 5 heteroatoms. The number of aliphatic hydroxyl groups excluding tert-OH is 1. The molecule has 1 heterocycles. The van der Waals surface area contributed by atoms with Crippen LogP contribution in [-0.2, 0) is 11.3 Å². The minimum Gasteiger partial charge on any atom is -0.368 e. The number of H-pyrrole nitrogens is 1. The number of nitrogens with zero attached hydrogens (tertiary/aromatic N) is 1. The molecule has 220 valence electrons. The first kappa shape index (κ1) is 32.9. The lowest BCUT2D eigenvalue weighted by Gasteiger charge is -2.62. The van der Waals surface area contributed by atoms with E-state index in [1.165, 1.54) is 50.5 Å². The smallest absolute Gasteiger partial charge is 0.269 e. The van der Waals surface area contributed by atoms with Crippen molar-refractivity contribution < 1.29 is 9.84 Å². The van der Waals surface area contributed by atoms with E-state index in [1.807, 2.05) is 13.8 Å². The van der Waals surface area contributed by atoms with Crippen LogP contribution in [0.1, 0.15) is 119 Å². The highest BCUT2D eigenvalue weighted by molar-refractivity contribution is 5.23. The summed E-state index contributed by atoms with van der Waals surface area (Å²) >= 11 is 0. The summed E-state index contributed by atoms with van der Waals surface area (Å²) in [4.78, 5) is 12.7. The number of allylic oxidation sites excluding steroid dienone is 1. The van der Waals surface area contributed by atoms with E-state index in [0.717, 1.165) is 47.8 Å². The molecule has 5 rings (SSSR count). The molecule has 0 radical (unpaired) electrons. The van der Waals surface area contributed by atoms with Crippen LogP contribution in [0.5, 0.6) is 0 Å². The second-order valence-corrected chi connectivity index (χ2v) is 13.5. The van der Waals surface area contributed by atoms with Crippen LogP contribution < -0.4 is 5.56 Å². The molecule has 1 aromatic rings. The molecule has 9 unspecified atom stereocenters. The summed E-state index contributed by atoms with van der Waals surface area (Å²) in [7, 11) is 0. The fraction of sp³-hybridized carbons (Fsp3) is 0.848. The molecular weight excluding hydrogens is 472 g/mol. The van der Waals surface area contributed by atoms with Crippen LogP contribution in [0, 0.1) is 53.8 Å². The lowest BCUT2D eigenvalue weighted by molar-refractivity contribution is -0.176. The Hall–Kier alpha value is -1.33. The van der Waals surface area contributed by atoms with Crippen molar-refractivity contribution in [1.29, 1.82) is 0 Å². The molecule has 4 aliphatic rings. The Morgan fingerprint density at radius 2 is 1.71 bits per heavy atom. The number of ether oxygens (including phenoxy) is 1. The third-order valence-corrected chi connectivity index (χ3v) is 12.2. The summed E-state index contributed by atoms with van der Waals surface area (Å²) in [6.07, 6.45) is 10.7. The van der Waals surface area contributed by atoms with Gasteiger partial charge in [0.05, 0.1) is 12.6 Å². The highest BCUT2D eigenvalue weighted by Gasteiger charge is 2.64. The highest BCUT2D eigenvalue weighted by atomic mass is 16.6. The molecule has 0 amide bonds. The van der Waals surface area contributed by atoms with E-state index in [-0.39, 0.29) is 44.8 Å². The first-order valence-corrected chi connectivity index (χ1v) is 14.2. The zero-order valence-electron chi connectivity index (χ0n) is 23.0. The molecular formula is C33H60N2O3. The van der Waals surface area contributed by atoms with Gasteiger partial charge in [0.25, 0.3) is 5.56 Å². The molecule has 0 aliphatic heterocycles. The summed E-state index contributed by atoms with van der Waals surface area (Å²) in [6, 6.07) is 0. The van der Waals surface area contributed by atoms with Crippen LogP contribution in [0.2, 0.25) is 0 Å². The van der Waals surface area contributed by atoms with Crippen molar-refractivity contribution in [3.05, 3.63) is 33.8 Å². The molecule has 1 aromatic heterocycles. The predicted molar refractivity (Wildman–Crippen MR) is 160 cm³/mol. The molecule has 4 fully saturated rings. The first-order valence-electron chi connectivity index (χ1n) is 14.2. The van der Waals surface area contributed by atoms with Gasteiger partial charge in [0.2, 0.25) is 0 Å². The molecule has 9 atom stereocenters. The van der Waals surface area contributed by atoms with E-state index in [1.54, 1.807) is 11.6 Å². The van der Waals surface area contributed by atoms with Crippen LogP contribution in [0.15, 0.2) is 16.9 Å². The highest BCUT2D eigenvalue weighted by Crippen LogP contribution is 2.71. The summed E-state index contributed by atoms with van der Waals surface area (Å²) in [5.41, 5.74) is 3.82. The lowest BCUT2D eigenvalue weighted by Crippen LogP contribution is -2.55. The second-order valence-electron chi connectivity index (χ2n) is 13.5. The Morgan fingerprint density at radius 1 is 1.05 bits per heavy atom. The first-order chi connectivity index (χ1) is 16.4. The lowest BCUT2D eigenvalue weighted by atomic mass is 9.43. The Kier molecular flexibility index (Phi) is 9.75. The number of rotatable bonds is 5. The van der Waals surface area contributed by atoms with Crippen molar-refractivity contribution in [3.63, 3.8) is 0 Å². The number of aryl methyl sites for hydroxylation is 1. The SMILES string of the molecule is C.C.C.C=C(Cn1[nH]c(C)c(C)c1=O)C1(C)CCC2C3CCC4CC(OC(C)O)CCC4(C)C3CCC21C. The van der Waals surface area contributed by atoms with E-state index in [0.29, 0.717) is 12.0 Å². The number of nitrogens with one attached hydrogen (secondary N) is 1. The molecule has 0 saturated heterocycles. The van der Waals surface area contributed by atoms with E-state index >= 15 is 0 Å². The van der Waals surface area contributed by atoms with Gasteiger partial charge in [-0.2, -0.15) is 0 Å². The maximum absolute atomic E-state index is 12.7. The van der Waals surface area contributed by atoms with Crippen molar-refractivity contribution in [2.75, 3.05) is 0 Å². The Labute approximate surface area is 233 Å². The number of hydrogen-bond donors (Lipinski definition) is 2. The van der Waals surface area contributed by atoms with E-state index < -0.39 is 6.29 Å². The van der Waals surface area contributed by atoms with E-state index in [4.69, 9.17) is 4.74 Å². The van der Waals surface area contributed by atoms with Crippen LogP contribution in [0.3, 0.4) is 0 Å². The third-order valence-electron chi connectivity index (χ3n) is 12.2. The van der Waals surface area contributed by atoms with Gasteiger partial charge in [-0.05, 0) is 124 Å². The van der Waals surface area contributed by atoms with Gasteiger partial charge >= 0.3 is 0 Å². The second kappa shape index (κ2) is 11.3. The van der Waals surface area contributed by atoms with E-state index in [2.05, 4.69) is 32.4 Å². The van der Waals surface area contributed by atoms with Crippen LogP contribution in [0.4, 0.5) is 0 Å². The van der Waals surface area contributed by atoms with Crippen molar-refractivity contribution >= 4 is 0 Å². The van der Waals surface area contributed by atoms with Gasteiger partial charge in [-0.1, -0.05) is 49.6 Å². The predicted octanol–water partition coefficient (Wildman–Crippen LogP) is 8.03. The normalized spacial score (nSPS) is 40.3. The van der Waals surface area contributed by atoms with Gasteiger partial charge in [0.15, 0.2) is 6.29 Å². The Balaban J connectivity index is 0.00000169. The number of aliphatic hydroxyl groups is 1. The van der Waals surface area contributed by atoms with Gasteiger partial charge in [-0.15, -0.1) is 0 Å². The number of fused-ring (bicyclic) bond motifs is 5. The average Bonchev–Trinajstić information content (AvgIpc) is 3.21. The molecule has 4 saturated carbocycles. The molecule has 0 spiro atoms. The van der Waals surface area contributed by atoms with Crippen molar-refractivity contribution in [2.45, 2.75) is 141 Å². The van der Waals surface area contributed by atoms with Gasteiger partial charge < -0.3 is 9.84 Å². The minimum atomic E-state index is -0.657. The number of aromatic nitrogens is 2. The maximum atomic E-state index is 12.7. The number of aromatic amines is 1. The van der Waals surface area contributed by atoms with Crippen molar-refractivity contribution in [3.8, 4) is 0 Å². The molecule has 2 N–H and O–H groups in total. The quantitative estimate of drug-likeness (QED) is 0.298.